The molecule has 1 saturated carbocycles. The van der Waals surface area contributed by atoms with Crippen LogP contribution in [-0.4, -0.2) is 24.4 Å². The summed E-state index contributed by atoms with van der Waals surface area (Å²) in [5, 5.41) is 9.88. The molecule has 2 atom stereocenters. The molecule has 104 valence electrons. The quantitative estimate of drug-likeness (QED) is 0.918. The first-order valence-corrected chi connectivity index (χ1v) is 7.60. The molecule has 1 saturated heterocycles. The summed E-state index contributed by atoms with van der Waals surface area (Å²) < 4.78 is 20.1. The summed E-state index contributed by atoms with van der Waals surface area (Å²) in [6.07, 6.45) is 4.07. The number of ether oxygens (including phenoxy) is 1. The smallest absolute Gasteiger partial charge is 0.124 e. The molecule has 1 N–H and O–H groups in total. The Kier molecular flexibility index (Phi) is 3.67. The van der Waals surface area contributed by atoms with Gasteiger partial charge in [-0.25, -0.2) is 4.39 Å². The van der Waals surface area contributed by atoms with Crippen LogP contribution in [0.3, 0.4) is 0 Å². The third kappa shape index (κ3) is 2.71. The summed E-state index contributed by atoms with van der Waals surface area (Å²) in [4.78, 5) is 0. The summed E-state index contributed by atoms with van der Waals surface area (Å²) in [6, 6.07) is 4.95. The second kappa shape index (κ2) is 5.15. The van der Waals surface area contributed by atoms with E-state index in [2.05, 4.69) is 15.9 Å². The summed E-state index contributed by atoms with van der Waals surface area (Å²) in [5.41, 5.74) is 0.700. The Balaban J connectivity index is 1.85. The topological polar surface area (TPSA) is 29.5 Å². The molecule has 2 fully saturated rings. The van der Waals surface area contributed by atoms with E-state index in [0.29, 0.717) is 18.9 Å². The van der Waals surface area contributed by atoms with Crippen LogP contribution in [0.25, 0.3) is 0 Å². The minimum atomic E-state index is -0.237. The van der Waals surface area contributed by atoms with E-state index in [4.69, 9.17) is 4.74 Å². The molecule has 0 amide bonds. The van der Waals surface area contributed by atoms with Gasteiger partial charge in [-0.2, -0.15) is 0 Å². The predicted octanol–water partition coefficient (Wildman–Crippen LogP) is 3.31. The first-order chi connectivity index (χ1) is 9.13. The van der Waals surface area contributed by atoms with Gasteiger partial charge in [-0.15, -0.1) is 0 Å². The van der Waals surface area contributed by atoms with Crippen molar-refractivity contribution in [3.63, 3.8) is 0 Å². The van der Waals surface area contributed by atoms with Gasteiger partial charge in [-0.1, -0.05) is 15.9 Å². The van der Waals surface area contributed by atoms with Gasteiger partial charge in [0, 0.05) is 16.5 Å². The van der Waals surface area contributed by atoms with E-state index in [0.717, 1.165) is 16.5 Å². The molecule has 3 rings (SSSR count). The van der Waals surface area contributed by atoms with Crippen LogP contribution >= 0.6 is 15.9 Å². The number of aliphatic hydroxyl groups excluding tert-OH is 1. The highest BCUT2D eigenvalue weighted by Gasteiger charge is 2.50. The molecular weight excluding hydrogens is 311 g/mol. The van der Waals surface area contributed by atoms with Crippen LogP contribution < -0.4 is 0 Å². The van der Waals surface area contributed by atoms with Crippen molar-refractivity contribution in [2.45, 2.75) is 31.8 Å². The average molecular weight is 329 g/mol. The van der Waals surface area contributed by atoms with Crippen LogP contribution in [0.15, 0.2) is 22.7 Å². The largest absolute Gasteiger partial charge is 0.396 e. The standard InChI is InChI=1S/C15H18BrFO2/c16-12-5-10(6-13(17)7-12)8-15(9-18)3-4-19-14(15)11-1-2-11/h5-7,11,14,18H,1-4,8-9H2. The van der Waals surface area contributed by atoms with Gasteiger partial charge in [0.2, 0.25) is 0 Å². The highest BCUT2D eigenvalue weighted by molar-refractivity contribution is 9.10. The third-order valence-electron chi connectivity index (χ3n) is 4.34. The van der Waals surface area contributed by atoms with Gasteiger partial charge in [0.1, 0.15) is 5.82 Å². The second-order valence-electron chi connectivity index (χ2n) is 5.85. The minimum Gasteiger partial charge on any atom is -0.396 e. The number of benzene rings is 1. The van der Waals surface area contributed by atoms with Crippen molar-refractivity contribution in [2.24, 2.45) is 11.3 Å². The van der Waals surface area contributed by atoms with Crippen molar-refractivity contribution in [3.05, 3.63) is 34.1 Å². The van der Waals surface area contributed by atoms with Crippen molar-refractivity contribution < 1.29 is 14.2 Å². The van der Waals surface area contributed by atoms with Gasteiger partial charge < -0.3 is 9.84 Å². The number of rotatable bonds is 4. The van der Waals surface area contributed by atoms with Crippen molar-refractivity contribution in [1.82, 2.24) is 0 Å². The molecule has 2 unspecified atom stereocenters. The maximum absolute atomic E-state index is 13.5. The van der Waals surface area contributed by atoms with Gasteiger partial charge in [-0.05, 0) is 55.4 Å². The average Bonchev–Trinajstić information content (AvgIpc) is 3.10. The lowest BCUT2D eigenvalue weighted by Gasteiger charge is -2.32. The Morgan fingerprint density at radius 1 is 1.37 bits per heavy atom. The lowest BCUT2D eigenvalue weighted by atomic mass is 9.75. The third-order valence-corrected chi connectivity index (χ3v) is 4.80. The van der Waals surface area contributed by atoms with Crippen LogP contribution in [-0.2, 0) is 11.2 Å². The Morgan fingerprint density at radius 2 is 2.16 bits per heavy atom. The van der Waals surface area contributed by atoms with Gasteiger partial charge in [0.15, 0.2) is 0 Å². The fraction of sp³-hybridized carbons (Fsp3) is 0.600. The zero-order valence-corrected chi connectivity index (χ0v) is 12.3. The van der Waals surface area contributed by atoms with Crippen LogP contribution in [0.5, 0.6) is 0 Å². The Hall–Kier alpha value is -0.450. The lowest BCUT2D eigenvalue weighted by Crippen LogP contribution is -2.38. The van der Waals surface area contributed by atoms with E-state index in [1.54, 1.807) is 6.07 Å². The number of hydrogen-bond acceptors (Lipinski definition) is 2. The van der Waals surface area contributed by atoms with Crippen molar-refractivity contribution in [1.29, 1.82) is 0 Å². The van der Waals surface area contributed by atoms with Crippen LogP contribution in [0.2, 0.25) is 0 Å². The monoisotopic (exact) mass is 328 g/mol. The summed E-state index contributed by atoms with van der Waals surface area (Å²) in [7, 11) is 0. The number of aliphatic hydroxyl groups is 1. The number of halogens is 2. The molecule has 19 heavy (non-hydrogen) atoms. The van der Waals surface area contributed by atoms with Crippen LogP contribution in [0.1, 0.15) is 24.8 Å². The maximum Gasteiger partial charge on any atom is 0.124 e. The molecule has 2 nitrogen and oxygen atoms in total. The molecule has 2 aliphatic rings. The molecule has 1 aromatic carbocycles. The van der Waals surface area contributed by atoms with E-state index >= 15 is 0 Å². The van der Waals surface area contributed by atoms with Crippen molar-refractivity contribution in [3.8, 4) is 0 Å². The Bertz CT molecular complexity index is 455. The van der Waals surface area contributed by atoms with E-state index in [1.165, 1.54) is 18.9 Å². The molecule has 0 radical (unpaired) electrons. The van der Waals surface area contributed by atoms with Gasteiger partial charge in [-0.3, -0.25) is 0 Å². The number of hydrogen-bond donors (Lipinski definition) is 1. The van der Waals surface area contributed by atoms with E-state index < -0.39 is 0 Å². The zero-order chi connectivity index (χ0) is 13.5. The SMILES string of the molecule is OCC1(Cc2cc(F)cc(Br)c2)CCOC1C1CC1. The first-order valence-electron chi connectivity index (χ1n) is 6.80. The molecule has 1 aliphatic heterocycles. The molecule has 1 aromatic rings. The van der Waals surface area contributed by atoms with E-state index in [-0.39, 0.29) is 23.9 Å². The van der Waals surface area contributed by atoms with Crippen LogP contribution in [0, 0.1) is 17.2 Å². The zero-order valence-electron chi connectivity index (χ0n) is 10.7. The first kappa shape index (κ1) is 13.5. The van der Waals surface area contributed by atoms with Gasteiger partial charge in [0.05, 0.1) is 12.7 Å². The highest BCUT2D eigenvalue weighted by atomic mass is 79.9. The Morgan fingerprint density at radius 3 is 2.79 bits per heavy atom. The molecular formula is C15H18BrFO2. The lowest BCUT2D eigenvalue weighted by molar-refractivity contribution is 0.000548. The molecule has 1 heterocycles. The van der Waals surface area contributed by atoms with E-state index in [1.807, 2.05) is 6.07 Å². The van der Waals surface area contributed by atoms with Crippen molar-refractivity contribution in [2.75, 3.05) is 13.2 Å². The fourth-order valence-electron chi connectivity index (χ4n) is 3.28. The summed E-state index contributed by atoms with van der Waals surface area (Å²) in [6.45, 7) is 0.820. The fourth-order valence-corrected chi connectivity index (χ4v) is 3.79. The van der Waals surface area contributed by atoms with Gasteiger partial charge >= 0.3 is 0 Å². The molecule has 1 aliphatic carbocycles. The maximum atomic E-state index is 13.5. The second-order valence-corrected chi connectivity index (χ2v) is 6.77. The summed E-state index contributed by atoms with van der Waals surface area (Å²) >= 11 is 3.32. The predicted molar refractivity (Wildman–Crippen MR) is 74.4 cm³/mol. The molecule has 4 heteroatoms. The molecule has 0 bridgehead atoms. The Labute approximate surface area is 121 Å². The minimum absolute atomic E-state index is 0.113. The van der Waals surface area contributed by atoms with Gasteiger partial charge in [0.25, 0.3) is 0 Å². The molecule has 0 spiro atoms. The van der Waals surface area contributed by atoms with Crippen molar-refractivity contribution >= 4 is 15.9 Å². The van der Waals surface area contributed by atoms with Crippen LogP contribution in [0.4, 0.5) is 4.39 Å². The summed E-state index contributed by atoms with van der Waals surface area (Å²) in [5.74, 6) is 0.353. The molecule has 0 aromatic heterocycles. The van der Waals surface area contributed by atoms with E-state index in [9.17, 15) is 9.50 Å². The highest BCUT2D eigenvalue weighted by Crippen LogP contribution is 2.49. The normalized spacial score (nSPS) is 30.8.